The zero-order chi connectivity index (χ0) is 16.9. The van der Waals surface area contributed by atoms with Crippen molar-refractivity contribution in [1.82, 2.24) is 19.8 Å². The highest BCUT2D eigenvalue weighted by Crippen LogP contribution is 2.10. The molecule has 0 unspecified atom stereocenters. The lowest BCUT2D eigenvalue weighted by molar-refractivity contribution is -0.131. The smallest absolute Gasteiger partial charge is 0.274 e. The standard InChI is InChI=1S/C17H17FN4O2/c18-14-3-1-2-13(10-14)11-16(23)21-6-8-22(9-7-21)17(24)15-12-19-4-5-20-15/h1-5,10,12H,6-9,11H2. The van der Waals surface area contributed by atoms with Gasteiger partial charge in [0.1, 0.15) is 11.5 Å². The molecule has 0 bridgehead atoms. The number of nitrogens with zero attached hydrogens (tertiary/aromatic N) is 4. The predicted octanol–water partition coefficient (Wildman–Crippen LogP) is 1.14. The van der Waals surface area contributed by atoms with Crippen LogP contribution in [-0.2, 0) is 11.2 Å². The van der Waals surface area contributed by atoms with E-state index in [1.54, 1.807) is 21.9 Å². The number of rotatable bonds is 3. The van der Waals surface area contributed by atoms with Crippen LogP contribution >= 0.6 is 0 Å². The molecule has 1 saturated heterocycles. The quantitative estimate of drug-likeness (QED) is 0.847. The normalized spacial score (nSPS) is 14.5. The Balaban J connectivity index is 1.55. The van der Waals surface area contributed by atoms with E-state index in [0.29, 0.717) is 37.4 Å². The average Bonchev–Trinajstić information content (AvgIpc) is 2.62. The molecule has 7 heteroatoms. The maximum absolute atomic E-state index is 13.2. The summed E-state index contributed by atoms with van der Waals surface area (Å²) in [5.74, 6) is -0.591. The Hall–Kier alpha value is -2.83. The molecule has 1 aromatic heterocycles. The molecular weight excluding hydrogens is 311 g/mol. The number of amides is 2. The molecule has 0 spiro atoms. The van der Waals surface area contributed by atoms with Crippen LogP contribution in [0.5, 0.6) is 0 Å². The first kappa shape index (κ1) is 16.0. The van der Waals surface area contributed by atoms with E-state index in [1.807, 2.05) is 0 Å². The van der Waals surface area contributed by atoms with Gasteiger partial charge in [0.2, 0.25) is 5.91 Å². The van der Waals surface area contributed by atoms with Crippen molar-refractivity contribution < 1.29 is 14.0 Å². The van der Waals surface area contributed by atoms with Crippen molar-refractivity contribution in [3.63, 3.8) is 0 Å². The number of carbonyl (C=O) groups excluding carboxylic acids is 2. The van der Waals surface area contributed by atoms with Gasteiger partial charge in [0.25, 0.3) is 5.91 Å². The molecule has 6 nitrogen and oxygen atoms in total. The van der Waals surface area contributed by atoms with Crippen molar-refractivity contribution in [3.8, 4) is 0 Å². The van der Waals surface area contributed by atoms with Gasteiger partial charge in [0.15, 0.2) is 0 Å². The molecular formula is C17H17FN4O2. The minimum Gasteiger partial charge on any atom is -0.339 e. The van der Waals surface area contributed by atoms with Crippen LogP contribution in [-0.4, -0.2) is 57.8 Å². The molecule has 124 valence electrons. The molecule has 3 rings (SSSR count). The van der Waals surface area contributed by atoms with Crippen LogP contribution in [0, 0.1) is 5.82 Å². The van der Waals surface area contributed by atoms with Gasteiger partial charge in [-0.1, -0.05) is 12.1 Å². The van der Waals surface area contributed by atoms with Crippen LogP contribution in [0.2, 0.25) is 0 Å². The summed E-state index contributed by atoms with van der Waals surface area (Å²) in [4.78, 5) is 35.8. The molecule has 0 saturated carbocycles. The van der Waals surface area contributed by atoms with Crippen molar-refractivity contribution >= 4 is 11.8 Å². The summed E-state index contributed by atoms with van der Waals surface area (Å²) < 4.78 is 13.2. The number of carbonyl (C=O) groups is 2. The highest BCUT2D eigenvalue weighted by molar-refractivity contribution is 5.92. The van der Waals surface area contributed by atoms with E-state index in [9.17, 15) is 14.0 Å². The van der Waals surface area contributed by atoms with E-state index in [-0.39, 0.29) is 24.1 Å². The number of piperazine rings is 1. The van der Waals surface area contributed by atoms with E-state index in [1.165, 1.54) is 30.7 Å². The molecule has 0 radical (unpaired) electrons. The highest BCUT2D eigenvalue weighted by Gasteiger charge is 2.25. The first-order valence-electron chi connectivity index (χ1n) is 7.71. The fourth-order valence-corrected chi connectivity index (χ4v) is 2.66. The Bertz CT molecular complexity index is 730. The number of aromatic nitrogens is 2. The molecule has 1 aliphatic heterocycles. The van der Waals surface area contributed by atoms with Gasteiger partial charge in [-0.2, -0.15) is 0 Å². The Labute approximate surface area is 138 Å². The summed E-state index contributed by atoms with van der Waals surface area (Å²) in [7, 11) is 0. The zero-order valence-electron chi connectivity index (χ0n) is 13.1. The number of halogens is 1. The van der Waals surface area contributed by atoms with Crippen LogP contribution in [0.25, 0.3) is 0 Å². The summed E-state index contributed by atoms with van der Waals surface area (Å²) in [6.45, 7) is 1.81. The molecule has 2 amide bonds. The Morgan fingerprint density at radius 1 is 1.08 bits per heavy atom. The summed E-state index contributed by atoms with van der Waals surface area (Å²) in [5, 5.41) is 0. The first-order chi connectivity index (χ1) is 11.6. The molecule has 24 heavy (non-hydrogen) atoms. The van der Waals surface area contributed by atoms with E-state index >= 15 is 0 Å². The van der Waals surface area contributed by atoms with Gasteiger partial charge in [-0.3, -0.25) is 14.6 Å². The van der Waals surface area contributed by atoms with Crippen LogP contribution in [0.3, 0.4) is 0 Å². The van der Waals surface area contributed by atoms with E-state index < -0.39 is 0 Å². The monoisotopic (exact) mass is 328 g/mol. The van der Waals surface area contributed by atoms with Gasteiger partial charge in [-0.05, 0) is 17.7 Å². The average molecular weight is 328 g/mol. The third-order valence-corrected chi connectivity index (χ3v) is 3.95. The second-order valence-corrected chi connectivity index (χ2v) is 5.57. The van der Waals surface area contributed by atoms with Crippen LogP contribution in [0.4, 0.5) is 4.39 Å². The van der Waals surface area contributed by atoms with Gasteiger partial charge in [-0.15, -0.1) is 0 Å². The number of hydrogen-bond acceptors (Lipinski definition) is 4. The van der Waals surface area contributed by atoms with E-state index in [2.05, 4.69) is 9.97 Å². The fraction of sp³-hybridized carbons (Fsp3) is 0.294. The Kier molecular flexibility index (Phi) is 4.79. The Morgan fingerprint density at radius 3 is 2.50 bits per heavy atom. The lowest BCUT2D eigenvalue weighted by Gasteiger charge is -2.34. The maximum atomic E-state index is 13.2. The van der Waals surface area contributed by atoms with Gasteiger partial charge >= 0.3 is 0 Å². The van der Waals surface area contributed by atoms with Crippen molar-refractivity contribution in [2.45, 2.75) is 6.42 Å². The molecule has 1 fully saturated rings. The van der Waals surface area contributed by atoms with E-state index in [0.717, 1.165) is 0 Å². The topological polar surface area (TPSA) is 66.4 Å². The predicted molar refractivity (Wildman–Crippen MR) is 84.6 cm³/mol. The second-order valence-electron chi connectivity index (χ2n) is 5.57. The summed E-state index contributed by atoms with van der Waals surface area (Å²) in [6, 6.07) is 6.04. The molecule has 0 aliphatic carbocycles. The maximum Gasteiger partial charge on any atom is 0.274 e. The number of hydrogen-bond donors (Lipinski definition) is 0. The highest BCUT2D eigenvalue weighted by atomic mass is 19.1. The lowest BCUT2D eigenvalue weighted by atomic mass is 10.1. The third kappa shape index (κ3) is 3.73. The molecule has 1 aliphatic rings. The van der Waals surface area contributed by atoms with Crippen molar-refractivity contribution in [2.75, 3.05) is 26.2 Å². The van der Waals surface area contributed by atoms with Crippen LogP contribution in [0.15, 0.2) is 42.9 Å². The van der Waals surface area contributed by atoms with Crippen molar-refractivity contribution in [2.24, 2.45) is 0 Å². The van der Waals surface area contributed by atoms with Crippen LogP contribution < -0.4 is 0 Å². The summed E-state index contributed by atoms with van der Waals surface area (Å²) in [5.41, 5.74) is 0.954. The molecule has 2 aromatic rings. The minimum absolute atomic E-state index is 0.0628. The van der Waals surface area contributed by atoms with Gasteiger partial charge in [-0.25, -0.2) is 9.37 Å². The fourth-order valence-electron chi connectivity index (χ4n) is 2.66. The van der Waals surface area contributed by atoms with Crippen molar-refractivity contribution in [1.29, 1.82) is 0 Å². The second kappa shape index (κ2) is 7.16. The molecule has 2 heterocycles. The van der Waals surface area contributed by atoms with Gasteiger partial charge in [0.05, 0.1) is 12.6 Å². The largest absolute Gasteiger partial charge is 0.339 e. The Morgan fingerprint density at radius 2 is 1.83 bits per heavy atom. The van der Waals surface area contributed by atoms with Gasteiger partial charge < -0.3 is 9.80 Å². The zero-order valence-corrected chi connectivity index (χ0v) is 13.1. The van der Waals surface area contributed by atoms with Crippen LogP contribution in [0.1, 0.15) is 16.1 Å². The minimum atomic E-state index is -0.348. The molecule has 0 atom stereocenters. The van der Waals surface area contributed by atoms with Gasteiger partial charge in [0, 0.05) is 38.6 Å². The van der Waals surface area contributed by atoms with Crippen molar-refractivity contribution in [3.05, 3.63) is 59.9 Å². The lowest BCUT2D eigenvalue weighted by Crippen LogP contribution is -2.51. The summed E-state index contributed by atoms with van der Waals surface area (Å²) >= 11 is 0. The number of benzene rings is 1. The molecule has 1 aromatic carbocycles. The SMILES string of the molecule is O=C(Cc1cccc(F)c1)N1CCN(C(=O)c2cnccn2)CC1. The summed E-state index contributed by atoms with van der Waals surface area (Å²) in [6.07, 6.45) is 4.59. The first-order valence-corrected chi connectivity index (χ1v) is 7.71. The molecule has 0 N–H and O–H groups in total. The van der Waals surface area contributed by atoms with E-state index in [4.69, 9.17) is 0 Å². The third-order valence-electron chi connectivity index (χ3n) is 3.95.